The van der Waals surface area contributed by atoms with Gasteiger partial charge in [-0.25, -0.2) is 4.98 Å². The minimum Gasteiger partial charge on any atom is -0.395 e. The zero-order valence-corrected chi connectivity index (χ0v) is 11.0. The van der Waals surface area contributed by atoms with Crippen LogP contribution in [0.25, 0.3) is 10.2 Å². The summed E-state index contributed by atoms with van der Waals surface area (Å²) in [5.74, 6) is 0. The van der Waals surface area contributed by atoms with Crippen LogP contribution in [0.2, 0.25) is 0 Å². The summed E-state index contributed by atoms with van der Waals surface area (Å²) >= 11 is 1.58. The maximum atomic E-state index is 10.3. The van der Waals surface area contributed by atoms with E-state index in [2.05, 4.69) is 10.3 Å². The van der Waals surface area contributed by atoms with Crippen LogP contribution in [0, 0.1) is 0 Å². The number of rotatable bonds is 3. The first kappa shape index (κ1) is 11.7. The molecular weight excluding hydrogens is 246 g/mol. The lowest BCUT2D eigenvalue weighted by Crippen LogP contribution is -2.33. The second kappa shape index (κ2) is 4.40. The van der Waals surface area contributed by atoms with Crippen LogP contribution in [0.15, 0.2) is 17.6 Å². The summed E-state index contributed by atoms with van der Waals surface area (Å²) in [6.07, 6.45) is 3.97. The molecule has 0 radical (unpaired) electrons. The second-order valence-corrected chi connectivity index (χ2v) is 5.90. The van der Waals surface area contributed by atoms with E-state index in [1.54, 1.807) is 16.8 Å². The molecule has 1 aromatic carbocycles. The van der Waals surface area contributed by atoms with E-state index in [4.69, 9.17) is 5.73 Å². The third-order valence-electron chi connectivity index (χ3n) is 3.68. The van der Waals surface area contributed by atoms with Gasteiger partial charge >= 0.3 is 0 Å². The van der Waals surface area contributed by atoms with Crippen LogP contribution < -0.4 is 11.1 Å². The van der Waals surface area contributed by atoms with Gasteiger partial charge in [-0.2, -0.15) is 0 Å². The van der Waals surface area contributed by atoms with Gasteiger partial charge in [0, 0.05) is 6.54 Å². The molecule has 0 amide bonds. The molecule has 0 bridgehead atoms. The van der Waals surface area contributed by atoms with Gasteiger partial charge < -0.3 is 16.2 Å². The Morgan fingerprint density at radius 1 is 1.39 bits per heavy atom. The van der Waals surface area contributed by atoms with Crippen LogP contribution in [0.5, 0.6) is 0 Å². The van der Waals surface area contributed by atoms with Crippen molar-refractivity contribution in [2.24, 2.45) is 0 Å². The summed E-state index contributed by atoms with van der Waals surface area (Å²) in [6.45, 7) is 0.562. The quantitative estimate of drug-likeness (QED) is 0.744. The number of aliphatic hydroxyl groups is 1. The molecule has 0 unspecified atom stereocenters. The van der Waals surface area contributed by atoms with E-state index >= 15 is 0 Å². The van der Waals surface area contributed by atoms with Crippen LogP contribution >= 0.6 is 11.3 Å². The number of nitrogens with zero attached hydrogens (tertiary/aromatic N) is 1. The van der Waals surface area contributed by atoms with Crippen LogP contribution in [-0.2, 0) is 0 Å². The molecule has 0 saturated heterocycles. The Labute approximate surface area is 110 Å². The van der Waals surface area contributed by atoms with Gasteiger partial charge in [-0.05, 0) is 25.0 Å². The third kappa shape index (κ3) is 2.04. The molecule has 18 heavy (non-hydrogen) atoms. The highest BCUT2D eigenvalue weighted by molar-refractivity contribution is 7.16. The first-order valence-corrected chi connectivity index (χ1v) is 7.14. The molecule has 3 rings (SSSR count). The number of nitrogens with one attached hydrogen (secondary N) is 1. The molecule has 96 valence electrons. The van der Waals surface area contributed by atoms with Crippen LogP contribution in [-0.4, -0.2) is 22.2 Å². The lowest BCUT2D eigenvalue weighted by Gasteiger charge is -2.23. The van der Waals surface area contributed by atoms with Crippen molar-refractivity contribution in [2.45, 2.75) is 31.3 Å². The Morgan fingerprint density at radius 2 is 2.17 bits per heavy atom. The number of aromatic nitrogens is 1. The van der Waals surface area contributed by atoms with Crippen LogP contribution in [0.1, 0.15) is 25.7 Å². The third-order valence-corrected chi connectivity index (χ3v) is 4.48. The average molecular weight is 263 g/mol. The minimum absolute atomic E-state index is 0.562. The number of nitrogens with two attached hydrogens (primary N) is 1. The van der Waals surface area contributed by atoms with E-state index in [0.29, 0.717) is 12.2 Å². The standard InChI is InChI=1S/C13H17N3OS/c14-11-9(3-4-10-12(11)16-8-18-10)15-7-13(17)5-1-2-6-13/h3-4,8,15,17H,1-2,5-7,14H2. The van der Waals surface area contributed by atoms with Gasteiger partial charge in [0.05, 0.1) is 27.2 Å². The molecule has 1 saturated carbocycles. The number of thiazole rings is 1. The summed E-state index contributed by atoms with van der Waals surface area (Å²) in [6, 6.07) is 3.98. The highest BCUT2D eigenvalue weighted by Gasteiger charge is 2.30. The minimum atomic E-state index is -0.566. The lowest BCUT2D eigenvalue weighted by atomic mass is 10.0. The van der Waals surface area contributed by atoms with Gasteiger partial charge in [0.2, 0.25) is 0 Å². The molecule has 0 aliphatic heterocycles. The van der Waals surface area contributed by atoms with Crippen molar-refractivity contribution in [1.82, 2.24) is 4.98 Å². The van der Waals surface area contributed by atoms with E-state index in [1.807, 2.05) is 12.1 Å². The molecule has 0 atom stereocenters. The summed E-state index contributed by atoms with van der Waals surface area (Å²) in [4.78, 5) is 4.27. The van der Waals surface area contributed by atoms with E-state index in [1.165, 1.54) is 0 Å². The van der Waals surface area contributed by atoms with E-state index < -0.39 is 5.60 Å². The zero-order valence-electron chi connectivity index (χ0n) is 10.1. The number of nitrogen functional groups attached to an aromatic ring is 1. The molecule has 4 nitrogen and oxygen atoms in total. The smallest absolute Gasteiger partial charge is 0.106 e. The Hall–Kier alpha value is -1.33. The van der Waals surface area contributed by atoms with Gasteiger partial charge in [-0.3, -0.25) is 0 Å². The first-order chi connectivity index (χ1) is 8.68. The topological polar surface area (TPSA) is 71.2 Å². The fraction of sp³-hybridized carbons (Fsp3) is 0.462. The monoisotopic (exact) mass is 263 g/mol. The van der Waals surface area contributed by atoms with Gasteiger partial charge in [-0.1, -0.05) is 12.8 Å². The van der Waals surface area contributed by atoms with E-state index in [0.717, 1.165) is 41.6 Å². The van der Waals surface area contributed by atoms with Crippen LogP contribution in [0.4, 0.5) is 11.4 Å². The molecule has 1 aliphatic rings. The number of fused-ring (bicyclic) bond motifs is 1. The maximum absolute atomic E-state index is 10.3. The van der Waals surface area contributed by atoms with Crippen molar-refractivity contribution in [2.75, 3.05) is 17.6 Å². The molecule has 5 heteroatoms. The Balaban J connectivity index is 1.80. The van der Waals surface area contributed by atoms with Crippen molar-refractivity contribution < 1.29 is 5.11 Å². The number of hydrogen-bond donors (Lipinski definition) is 3. The first-order valence-electron chi connectivity index (χ1n) is 6.26. The largest absolute Gasteiger partial charge is 0.395 e. The Bertz CT molecular complexity index is 560. The number of anilines is 2. The summed E-state index contributed by atoms with van der Waals surface area (Å²) < 4.78 is 1.10. The fourth-order valence-corrected chi connectivity index (χ4v) is 3.27. The van der Waals surface area contributed by atoms with Crippen molar-refractivity contribution in [1.29, 1.82) is 0 Å². The van der Waals surface area contributed by atoms with Crippen molar-refractivity contribution in [3.05, 3.63) is 17.6 Å². The van der Waals surface area contributed by atoms with Crippen LogP contribution in [0.3, 0.4) is 0 Å². The normalized spacial score (nSPS) is 18.3. The predicted octanol–water partition coefficient (Wildman–Crippen LogP) is 2.60. The zero-order chi connectivity index (χ0) is 12.6. The molecule has 4 N–H and O–H groups in total. The maximum Gasteiger partial charge on any atom is 0.106 e. The van der Waals surface area contributed by atoms with Gasteiger partial charge in [0.25, 0.3) is 0 Å². The van der Waals surface area contributed by atoms with Gasteiger partial charge in [0.1, 0.15) is 5.52 Å². The van der Waals surface area contributed by atoms with Crippen molar-refractivity contribution >= 4 is 32.9 Å². The predicted molar refractivity (Wildman–Crippen MR) is 75.9 cm³/mol. The molecule has 1 fully saturated rings. The lowest BCUT2D eigenvalue weighted by molar-refractivity contribution is 0.0615. The average Bonchev–Trinajstić information content (AvgIpc) is 2.98. The Kier molecular flexibility index (Phi) is 2.87. The van der Waals surface area contributed by atoms with E-state index in [-0.39, 0.29) is 0 Å². The molecular formula is C13H17N3OS. The molecule has 1 aliphatic carbocycles. The van der Waals surface area contributed by atoms with Gasteiger partial charge in [0.15, 0.2) is 0 Å². The number of benzene rings is 1. The SMILES string of the molecule is Nc1c(NCC2(O)CCCC2)ccc2scnc12. The molecule has 1 aromatic heterocycles. The molecule has 0 spiro atoms. The highest BCUT2D eigenvalue weighted by Crippen LogP contribution is 2.33. The van der Waals surface area contributed by atoms with Gasteiger partial charge in [-0.15, -0.1) is 11.3 Å². The van der Waals surface area contributed by atoms with Crippen molar-refractivity contribution in [3.8, 4) is 0 Å². The summed E-state index contributed by atoms with van der Waals surface area (Å²) in [5.41, 5.74) is 9.72. The van der Waals surface area contributed by atoms with E-state index in [9.17, 15) is 5.11 Å². The molecule has 2 aromatic rings. The summed E-state index contributed by atoms with van der Waals surface area (Å²) in [7, 11) is 0. The summed E-state index contributed by atoms with van der Waals surface area (Å²) in [5, 5.41) is 13.6. The Morgan fingerprint density at radius 3 is 2.94 bits per heavy atom. The van der Waals surface area contributed by atoms with Crippen molar-refractivity contribution in [3.63, 3.8) is 0 Å². The molecule has 1 heterocycles. The fourth-order valence-electron chi connectivity index (χ4n) is 2.58. The highest BCUT2D eigenvalue weighted by atomic mass is 32.1. The number of hydrogen-bond acceptors (Lipinski definition) is 5. The second-order valence-electron chi connectivity index (χ2n) is 5.01.